The summed E-state index contributed by atoms with van der Waals surface area (Å²) in [6.07, 6.45) is 0. The molecule has 1 aliphatic rings. The molecule has 6 nitrogen and oxygen atoms in total. The Morgan fingerprint density at radius 1 is 1.27 bits per heavy atom. The maximum Gasteiger partial charge on any atom is 0.253 e. The van der Waals surface area contributed by atoms with Gasteiger partial charge in [-0.25, -0.2) is 13.6 Å². The molecule has 0 bridgehead atoms. The number of amides is 1. The van der Waals surface area contributed by atoms with Crippen molar-refractivity contribution in [1.82, 2.24) is 10.2 Å². The van der Waals surface area contributed by atoms with Crippen LogP contribution in [0.5, 0.6) is 0 Å². The topological polar surface area (TPSA) is 92.5 Å². The summed E-state index contributed by atoms with van der Waals surface area (Å²) in [6.45, 7) is 6.98. The van der Waals surface area contributed by atoms with E-state index in [0.717, 1.165) is 0 Å². The molecule has 0 aromatic heterocycles. The van der Waals surface area contributed by atoms with Crippen molar-refractivity contribution in [3.8, 4) is 0 Å². The Morgan fingerprint density at radius 3 is 2.27 bits per heavy atom. The number of carbonyl (C=O) groups is 1. The molecular formula is C14H22ClN3O3S. The van der Waals surface area contributed by atoms with Gasteiger partial charge < -0.3 is 10.2 Å². The zero-order chi connectivity index (χ0) is 15.8. The quantitative estimate of drug-likeness (QED) is 0.830. The highest BCUT2D eigenvalue weighted by Gasteiger charge is 2.26. The largest absolute Gasteiger partial charge is 0.336 e. The van der Waals surface area contributed by atoms with E-state index in [1.807, 2.05) is 13.8 Å². The van der Waals surface area contributed by atoms with Crippen molar-refractivity contribution in [1.29, 1.82) is 0 Å². The summed E-state index contributed by atoms with van der Waals surface area (Å²) < 4.78 is 22.8. The number of carbonyl (C=O) groups excluding carboxylic acids is 1. The van der Waals surface area contributed by atoms with Crippen LogP contribution in [0.1, 0.15) is 29.8 Å². The number of rotatable bonds is 2. The number of aryl methyl sites for hydroxylation is 1. The van der Waals surface area contributed by atoms with E-state index in [-0.39, 0.29) is 35.3 Å². The number of primary sulfonamides is 1. The van der Waals surface area contributed by atoms with E-state index in [2.05, 4.69) is 5.32 Å². The van der Waals surface area contributed by atoms with Gasteiger partial charge in [0.2, 0.25) is 10.0 Å². The fourth-order valence-electron chi connectivity index (χ4n) is 2.78. The van der Waals surface area contributed by atoms with Crippen LogP contribution in [0.3, 0.4) is 0 Å². The van der Waals surface area contributed by atoms with Crippen LogP contribution in [0.2, 0.25) is 0 Å². The second kappa shape index (κ2) is 6.95. The summed E-state index contributed by atoms with van der Waals surface area (Å²) in [7, 11) is -3.75. The Bertz CT molecular complexity index is 653. The summed E-state index contributed by atoms with van der Waals surface area (Å²) in [5, 5.41) is 8.50. The molecule has 2 unspecified atom stereocenters. The lowest BCUT2D eigenvalue weighted by atomic mass is 10.1. The molecular weight excluding hydrogens is 326 g/mol. The molecule has 1 aromatic carbocycles. The maximum absolute atomic E-state index is 12.5. The number of nitrogens with zero attached hydrogens (tertiary/aromatic N) is 1. The predicted octanol–water partition coefficient (Wildman–Crippen LogP) is 0.887. The molecule has 1 fully saturated rings. The molecule has 3 N–H and O–H groups in total. The molecule has 8 heteroatoms. The number of sulfonamides is 1. The van der Waals surface area contributed by atoms with Crippen LogP contribution in [0, 0.1) is 6.92 Å². The van der Waals surface area contributed by atoms with Crippen molar-refractivity contribution in [3.05, 3.63) is 29.3 Å². The van der Waals surface area contributed by atoms with Crippen LogP contribution < -0.4 is 10.5 Å². The third kappa shape index (κ3) is 4.19. The molecule has 22 heavy (non-hydrogen) atoms. The minimum atomic E-state index is -3.75. The number of benzene rings is 1. The van der Waals surface area contributed by atoms with E-state index in [1.54, 1.807) is 17.9 Å². The lowest BCUT2D eigenvalue weighted by Gasteiger charge is -2.36. The van der Waals surface area contributed by atoms with Gasteiger partial charge in [0, 0.05) is 30.7 Å². The molecule has 0 saturated carbocycles. The molecule has 1 heterocycles. The molecule has 1 amide bonds. The molecule has 1 saturated heterocycles. The lowest BCUT2D eigenvalue weighted by Crippen LogP contribution is -2.55. The molecule has 2 atom stereocenters. The van der Waals surface area contributed by atoms with Gasteiger partial charge in [0.05, 0.1) is 4.90 Å². The number of piperazine rings is 1. The number of halogens is 1. The van der Waals surface area contributed by atoms with Crippen molar-refractivity contribution < 1.29 is 13.2 Å². The molecule has 0 spiro atoms. The SMILES string of the molecule is Cc1cc(C(=O)N2CC(C)NC(C)C2)ccc1S(N)(=O)=O.Cl. The van der Waals surface area contributed by atoms with Crippen LogP contribution in [0.25, 0.3) is 0 Å². The van der Waals surface area contributed by atoms with Gasteiger partial charge in [-0.15, -0.1) is 12.4 Å². The number of hydrogen-bond donors (Lipinski definition) is 2. The van der Waals surface area contributed by atoms with Gasteiger partial charge in [-0.2, -0.15) is 0 Å². The normalized spacial score (nSPS) is 22.1. The Balaban J connectivity index is 0.00000242. The van der Waals surface area contributed by atoms with Crippen LogP contribution in [-0.2, 0) is 10.0 Å². The van der Waals surface area contributed by atoms with Crippen LogP contribution in [-0.4, -0.2) is 44.4 Å². The Morgan fingerprint density at radius 2 is 1.82 bits per heavy atom. The first kappa shape index (κ1) is 18.9. The van der Waals surface area contributed by atoms with Crippen LogP contribution in [0.4, 0.5) is 0 Å². The van der Waals surface area contributed by atoms with Crippen LogP contribution in [0.15, 0.2) is 23.1 Å². The van der Waals surface area contributed by atoms with E-state index in [0.29, 0.717) is 24.2 Å². The molecule has 0 radical (unpaired) electrons. The highest BCUT2D eigenvalue weighted by atomic mass is 35.5. The zero-order valence-electron chi connectivity index (χ0n) is 12.9. The Hall–Kier alpha value is -1.15. The Kier molecular flexibility index (Phi) is 5.97. The zero-order valence-corrected chi connectivity index (χ0v) is 14.5. The smallest absolute Gasteiger partial charge is 0.253 e. The monoisotopic (exact) mass is 347 g/mol. The standard InChI is InChI=1S/C14H21N3O3S.ClH/c1-9-6-12(4-5-13(9)21(15,19)20)14(18)17-7-10(2)16-11(3)8-17;/h4-6,10-11,16H,7-8H2,1-3H3,(H2,15,19,20);1H. The van der Waals surface area contributed by atoms with E-state index in [9.17, 15) is 13.2 Å². The van der Waals surface area contributed by atoms with Crippen molar-refractivity contribution >= 4 is 28.3 Å². The average Bonchev–Trinajstić information content (AvgIpc) is 2.35. The lowest BCUT2D eigenvalue weighted by molar-refractivity contribution is 0.0673. The number of nitrogens with two attached hydrogens (primary N) is 1. The fourth-order valence-corrected chi connectivity index (χ4v) is 3.54. The minimum absolute atomic E-state index is 0. The van der Waals surface area contributed by atoms with Gasteiger partial charge in [-0.05, 0) is 44.5 Å². The van der Waals surface area contributed by atoms with Gasteiger partial charge in [0.15, 0.2) is 0 Å². The van der Waals surface area contributed by atoms with E-state index in [4.69, 9.17) is 5.14 Å². The first-order valence-electron chi connectivity index (χ1n) is 6.87. The van der Waals surface area contributed by atoms with E-state index >= 15 is 0 Å². The van der Waals surface area contributed by atoms with E-state index in [1.165, 1.54) is 12.1 Å². The fraction of sp³-hybridized carbons (Fsp3) is 0.500. The third-order valence-electron chi connectivity index (χ3n) is 3.57. The molecule has 2 rings (SSSR count). The summed E-state index contributed by atoms with van der Waals surface area (Å²) in [4.78, 5) is 14.4. The van der Waals surface area contributed by atoms with Crippen molar-refractivity contribution in [3.63, 3.8) is 0 Å². The first-order valence-corrected chi connectivity index (χ1v) is 8.42. The molecule has 1 aromatic rings. The summed E-state index contributed by atoms with van der Waals surface area (Å²) >= 11 is 0. The maximum atomic E-state index is 12.5. The van der Waals surface area contributed by atoms with E-state index < -0.39 is 10.0 Å². The summed E-state index contributed by atoms with van der Waals surface area (Å²) in [5.74, 6) is -0.0840. The molecule has 0 aliphatic carbocycles. The number of hydrogen-bond acceptors (Lipinski definition) is 4. The third-order valence-corrected chi connectivity index (χ3v) is 4.64. The van der Waals surface area contributed by atoms with Crippen molar-refractivity contribution in [2.24, 2.45) is 5.14 Å². The highest BCUT2D eigenvalue weighted by molar-refractivity contribution is 7.89. The second-order valence-corrected chi connectivity index (χ2v) is 7.23. The van der Waals surface area contributed by atoms with Gasteiger partial charge in [-0.1, -0.05) is 0 Å². The van der Waals surface area contributed by atoms with Crippen molar-refractivity contribution in [2.75, 3.05) is 13.1 Å². The van der Waals surface area contributed by atoms with Gasteiger partial charge in [-0.3, -0.25) is 4.79 Å². The van der Waals surface area contributed by atoms with Crippen molar-refractivity contribution in [2.45, 2.75) is 37.8 Å². The minimum Gasteiger partial charge on any atom is -0.336 e. The molecule has 124 valence electrons. The second-order valence-electron chi connectivity index (χ2n) is 5.70. The van der Waals surface area contributed by atoms with Gasteiger partial charge in [0.25, 0.3) is 5.91 Å². The molecule has 1 aliphatic heterocycles. The average molecular weight is 348 g/mol. The first-order chi connectivity index (χ1) is 9.68. The van der Waals surface area contributed by atoms with Gasteiger partial charge >= 0.3 is 0 Å². The summed E-state index contributed by atoms with van der Waals surface area (Å²) in [6, 6.07) is 4.98. The highest BCUT2D eigenvalue weighted by Crippen LogP contribution is 2.17. The summed E-state index contributed by atoms with van der Waals surface area (Å²) in [5.41, 5.74) is 0.973. The Labute approximate surface area is 137 Å². The van der Waals surface area contributed by atoms with Gasteiger partial charge in [0.1, 0.15) is 0 Å². The van der Waals surface area contributed by atoms with Crippen LogP contribution >= 0.6 is 12.4 Å². The predicted molar refractivity (Wildman–Crippen MR) is 87.8 cm³/mol. The number of nitrogens with one attached hydrogen (secondary N) is 1.